The van der Waals surface area contributed by atoms with Crippen LogP contribution in [0.1, 0.15) is 43.2 Å². The van der Waals surface area contributed by atoms with Gasteiger partial charge in [0.1, 0.15) is 5.82 Å². The summed E-state index contributed by atoms with van der Waals surface area (Å²) in [5, 5.41) is 6.20. The summed E-state index contributed by atoms with van der Waals surface area (Å²) in [6.45, 7) is 9.04. The maximum absolute atomic E-state index is 12.1. The summed E-state index contributed by atoms with van der Waals surface area (Å²) in [7, 11) is 0. The number of nitrogens with zero attached hydrogens (tertiary/aromatic N) is 1. The first-order valence-corrected chi connectivity index (χ1v) is 6.46. The zero-order valence-electron chi connectivity index (χ0n) is 11.5. The summed E-state index contributed by atoms with van der Waals surface area (Å²) in [5.74, 6) is 0.757. The molecule has 18 heavy (non-hydrogen) atoms. The SMILES string of the molecule is CCNc1cc(C(=O)NC2CC2(C)C)cc(C)n1. The van der Waals surface area contributed by atoms with Gasteiger partial charge in [0.2, 0.25) is 0 Å². The highest BCUT2D eigenvalue weighted by molar-refractivity contribution is 5.95. The third-order valence-electron chi connectivity index (χ3n) is 3.39. The van der Waals surface area contributed by atoms with E-state index in [1.165, 1.54) is 0 Å². The van der Waals surface area contributed by atoms with Crippen molar-refractivity contribution in [3.8, 4) is 0 Å². The average Bonchev–Trinajstić information content (AvgIpc) is 2.85. The monoisotopic (exact) mass is 247 g/mol. The van der Waals surface area contributed by atoms with E-state index in [0.29, 0.717) is 11.6 Å². The number of carbonyl (C=O) groups is 1. The lowest BCUT2D eigenvalue weighted by Gasteiger charge is -2.09. The van der Waals surface area contributed by atoms with Gasteiger partial charge in [0.05, 0.1) is 0 Å². The van der Waals surface area contributed by atoms with Crippen molar-refractivity contribution in [2.75, 3.05) is 11.9 Å². The molecular formula is C14H21N3O. The summed E-state index contributed by atoms with van der Waals surface area (Å²) in [4.78, 5) is 16.5. The maximum atomic E-state index is 12.1. The molecule has 4 heteroatoms. The molecule has 1 unspecified atom stereocenters. The predicted molar refractivity (Wildman–Crippen MR) is 72.8 cm³/mol. The Hall–Kier alpha value is -1.58. The van der Waals surface area contributed by atoms with E-state index in [1.807, 2.05) is 19.9 Å². The number of aryl methyl sites for hydroxylation is 1. The van der Waals surface area contributed by atoms with E-state index in [-0.39, 0.29) is 11.3 Å². The Balaban J connectivity index is 2.10. The second-order valence-electron chi connectivity index (χ2n) is 5.63. The van der Waals surface area contributed by atoms with E-state index in [0.717, 1.165) is 24.5 Å². The van der Waals surface area contributed by atoms with Crippen LogP contribution in [0.2, 0.25) is 0 Å². The number of aromatic nitrogens is 1. The molecule has 0 bridgehead atoms. The minimum absolute atomic E-state index is 0.00442. The highest BCUT2D eigenvalue weighted by atomic mass is 16.1. The van der Waals surface area contributed by atoms with Crippen molar-refractivity contribution in [2.45, 2.75) is 40.2 Å². The van der Waals surface area contributed by atoms with Crippen LogP contribution in [0.4, 0.5) is 5.82 Å². The Bertz CT molecular complexity index is 468. The number of rotatable bonds is 4. The van der Waals surface area contributed by atoms with Gasteiger partial charge in [0.25, 0.3) is 5.91 Å². The molecule has 1 aromatic rings. The van der Waals surface area contributed by atoms with Crippen LogP contribution in [0.5, 0.6) is 0 Å². The highest BCUT2D eigenvalue weighted by Gasteiger charge is 2.46. The van der Waals surface area contributed by atoms with Crippen molar-refractivity contribution < 1.29 is 4.79 Å². The van der Waals surface area contributed by atoms with Gasteiger partial charge in [-0.3, -0.25) is 4.79 Å². The van der Waals surface area contributed by atoms with Gasteiger partial charge in [0.15, 0.2) is 0 Å². The Labute approximate surface area is 108 Å². The van der Waals surface area contributed by atoms with Gasteiger partial charge >= 0.3 is 0 Å². The maximum Gasteiger partial charge on any atom is 0.251 e. The van der Waals surface area contributed by atoms with Crippen LogP contribution >= 0.6 is 0 Å². The summed E-state index contributed by atoms with van der Waals surface area (Å²) in [6, 6.07) is 3.94. The van der Waals surface area contributed by atoms with Crippen LogP contribution in [-0.2, 0) is 0 Å². The van der Waals surface area contributed by atoms with Crippen LogP contribution in [0.25, 0.3) is 0 Å². The molecule has 0 spiro atoms. The molecule has 0 aromatic carbocycles. The van der Waals surface area contributed by atoms with E-state index in [1.54, 1.807) is 6.07 Å². The lowest BCUT2D eigenvalue weighted by Crippen LogP contribution is -2.28. The summed E-state index contributed by atoms with van der Waals surface area (Å²) in [6.07, 6.45) is 1.06. The zero-order chi connectivity index (χ0) is 13.3. The normalized spacial score (nSPS) is 20.3. The van der Waals surface area contributed by atoms with Crippen LogP contribution in [0.3, 0.4) is 0 Å². The minimum atomic E-state index is -0.00442. The Morgan fingerprint density at radius 2 is 2.17 bits per heavy atom. The number of pyridine rings is 1. The first kappa shape index (κ1) is 12.9. The van der Waals surface area contributed by atoms with Gasteiger partial charge in [-0.05, 0) is 37.8 Å². The number of hydrogen-bond donors (Lipinski definition) is 2. The fraction of sp³-hybridized carbons (Fsp3) is 0.571. The fourth-order valence-electron chi connectivity index (χ4n) is 2.03. The Morgan fingerprint density at radius 1 is 1.50 bits per heavy atom. The second kappa shape index (κ2) is 4.59. The molecule has 1 saturated carbocycles. The largest absolute Gasteiger partial charge is 0.370 e. The van der Waals surface area contributed by atoms with E-state index in [2.05, 4.69) is 29.5 Å². The number of amides is 1. The van der Waals surface area contributed by atoms with Crippen molar-refractivity contribution in [3.63, 3.8) is 0 Å². The number of hydrogen-bond acceptors (Lipinski definition) is 3. The number of carbonyl (C=O) groups excluding carboxylic acids is 1. The summed E-state index contributed by atoms with van der Waals surface area (Å²) >= 11 is 0. The van der Waals surface area contributed by atoms with E-state index < -0.39 is 0 Å². The molecule has 1 fully saturated rings. The van der Waals surface area contributed by atoms with E-state index in [9.17, 15) is 4.79 Å². The van der Waals surface area contributed by atoms with Crippen molar-refractivity contribution >= 4 is 11.7 Å². The van der Waals surface area contributed by atoms with E-state index in [4.69, 9.17) is 0 Å². The van der Waals surface area contributed by atoms with Gasteiger partial charge in [-0.25, -0.2) is 4.98 Å². The van der Waals surface area contributed by atoms with Gasteiger partial charge in [-0.1, -0.05) is 13.8 Å². The topological polar surface area (TPSA) is 54.0 Å². The van der Waals surface area contributed by atoms with E-state index >= 15 is 0 Å². The fourth-order valence-corrected chi connectivity index (χ4v) is 2.03. The molecule has 0 aliphatic heterocycles. The van der Waals surface area contributed by atoms with Crippen molar-refractivity contribution in [2.24, 2.45) is 5.41 Å². The third kappa shape index (κ3) is 2.81. The van der Waals surface area contributed by atoms with Crippen molar-refractivity contribution in [1.29, 1.82) is 0 Å². The third-order valence-corrected chi connectivity index (χ3v) is 3.39. The molecule has 1 amide bonds. The predicted octanol–water partition coefficient (Wildman–Crippen LogP) is 2.35. The average molecular weight is 247 g/mol. The van der Waals surface area contributed by atoms with Gasteiger partial charge in [-0.15, -0.1) is 0 Å². The number of anilines is 1. The standard InChI is InChI=1S/C14H21N3O/c1-5-15-12-7-10(6-9(2)16-12)13(18)17-11-8-14(11,3)4/h6-7,11H,5,8H2,1-4H3,(H,15,16)(H,17,18). The lowest BCUT2D eigenvalue weighted by atomic mass is 10.1. The van der Waals surface area contributed by atoms with Crippen LogP contribution < -0.4 is 10.6 Å². The molecule has 0 radical (unpaired) electrons. The molecule has 0 saturated heterocycles. The molecule has 2 N–H and O–H groups in total. The zero-order valence-corrected chi connectivity index (χ0v) is 11.5. The minimum Gasteiger partial charge on any atom is -0.370 e. The molecular weight excluding hydrogens is 226 g/mol. The smallest absolute Gasteiger partial charge is 0.251 e. The van der Waals surface area contributed by atoms with Crippen LogP contribution in [0, 0.1) is 12.3 Å². The molecule has 1 heterocycles. The number of nitrogens with one attached hydrogen (secondary N) is 2. The molecule has 98 valence electrons. The summed E-state index contributed by atoms with van der Waals surface area (Å²) < 4.78 is 0. The molecule has 1 atom stereocenters. The second-order valence-corrected chi connectivity index (χ2v) is 5.63. The van der Waals surface area contributed by atoms with Gasteiger partial charge < -0.3 is 10.6 Å². The van der Waals surface area contributed by atoms with Crippen molar-refractivity contribution in [3.05, 3.63) is 23.4 Å². The highest BCUT2D eigenvalue weighted by Crippen LogP contribution is 2.44. The van der Waals surface area contributed by atoms with Crippen LogP contribution in [-0.4, -0.2) is 23.5 Å². The Morgan fingerprint density at radius 3 is 2.72 bits per heavy atom. The first-order valence-electron chi connectivity index (χ1n) is 6.46. The molecule has 1 aliphatic rings. The molecule has 2 rings (SSSR count). The first-order chi connectivity index (χ1) is 8.42. The van der Waals surface area contributed by atoms with Crippen molar-refractivity contribution in [1.82, 2.24) is 10.3 Å². The Kier molecular flexibility index (Phi) is 3.28. The van der Waals surface area contributed by atoms with Crippen LogP contribution in [0.15, 0.2) is 12.1 Å². The molecule has 1 aromatic heterocycles. The molecule has 4 nitrogen and oxygen atoms in total. The van der Waals surface area contributed by atoms with Gasteiger partial charge in [0, 0.05) is 23.8 Å². The van der Waals surface area contributed by atoms with Gasteiger partial charge in [-0.2, -0.15) is 0 Å². The quantitative estimate of drug-likeness (QED) is 0.858. The lowest BCUT2D eigenvalue weighted by molar-refractivity contribution is 0.0946. The molecule has 1 aliphatic carbocycles. The summed E-state index contributed by atoms with van der Waals surface area (Å²) in [5.41, 5.74) is 1.79.